The van der Waals surface area contributed by atoms with E-state index in [1.807, 2.05) is 20.8 Å². The standard InChI is InChI=1S/C15H20N2O2.ClH/c1-9(2)17-14-12-7-11(8-16)5-6-13(12)19-10(3)15(14,4)18;/h5-7,9-10,14,17-18H,1-4H3;1H/t10?,14-,15-;/m0./s1. The summed E-state index contributed by atoms with van der Waals surface area (Å²) in [4.78, 5) is 0. The van der Waals surface area contributed by atoms with Crippen molar-refractivity contribution in [1.82, 2.24) is 5.32 Å². The van der Waals surface area contributed by atoms with Crippen LogP contribution in [0.2, 0.25) is 0 Å². The topological polar surface area (TPSA) is 65.3 Å². The van der Waals surface area contributed by atoms with Gasteiger partial charge in [-0.3, -0.25) is 0 Å². The Morgan fingerprint density at radius 1 is 1.45 bits per heavy atom. The number of fused-ring (bicyclic) bond motifs is 1. The summed E-state index contributed by atoms with van der Waals surface area (Å²) in [5.74, 6) is 0.733. The van der Waals surface area contributed by atoms with E-state index in [4.69, 9.17) is 10.00 Å². The van der Waals surface area contributed by atoms with Gasteiger partial charge < -0.3 is 15.2 Å². The van der Waals surface area contributed by atoms with Crippen molar-refractivity contribution < 1.29 is 9.84 Å². The third-order valence-corrected chi connectivity index (χ3v) is 3.66. The van der Waals surface area contributed by atoms with Gasteiger partial charge in [0.2, 0.25) is 0 Å². The maximum absolute atomic E-state index is 10.7. The fourth-order valence-electron chi connectivity index (χ4n) is 2.40. The van der Waals surface area contributed by atoms with Gasteiger partial charge in [-0.15, -0.1) is 12.4 Å². The molecular weight excluding hydrogens is 276 g/mol. The van der Waals surface area contributed by atoms with Crippen molar-refractivity contribution in [3.63, 3.8) is 0 Å². The number of nitriles is 1. The summed E-state index contributed by atoms with van der Waals surface area (Å²) in [6.45, 7) is 7.68. The average molecular weight is 297 g/mol. The molecule has 1 aromatic rings. The minimum atomic E-state index is -1.02. The van der Waals surface area contributed by atoms with Crippen LogP contribution in [0.15, 0.2) is 18.2 Å². The summed E-state index contributed by atoms with van der Waals surface area (Å²) < 4.78 is 5.76. The van der Waals surface area contributed by atoms with Crippen molar-refractivity contribution in [2.45, 2.75) is 51.5 Å². The van der Waals surface area contributed by atoms with Crippen LogP contribution in [0.4, 0.5) is 0 Å². The van der Waals surface area contributed by atoms with Crippen LogP contribution in [0.25, 0.3) is 0 Å². The highest BCUT2D eigenvalue weighted by Crippen LogP contribution is 2.41. The van der Waals surface area contributed by atoms with Crippen molar-refractivity contribution >= 4 is 12.4 Å². The summed E-state index contributed by atoms with van der Waals surface area (Å²) in [5.41, 5.74) is 0.393. The van der Waals surface area contributed by atoms with Gasteiger partial charge in [0.05, 0.1) is 17.7 Å². The monoisotopic (exact) mass is 296 g/mol. The van der Waals surface area contributed by atoms with E-state index >= 15 is 0 Å². The number of nitrogens with one attached hydrogen (secondary N) is 1. The van der Waals surface area contributed by atoms with E-state index in [0.717, 1.165) is 11.3 Å². The van der Waals surface area contributed by atoms with E-state index in [9.17, 15) is 5.11 Å². The molecule has 1 heterocycles. The van der Waals surface area contributed by atoms with Gasteiger partial charge in [0.1, 0.15) is 17.5 Å². The molecule has 0 spiro atoms. The second kappa shape index (κ2) is 6.01. The highest BCUT2D eigenvalue weighted by Gasteiger charge is 2.45. The van der Waals surface area contributed by atoms with Crippen LogP contribution in [0.5, 0.6) is 5.75 Å². The molecule has 2 N–H and O–H groups in total. The Balaban J connectivity index is 0.00000200. The summed E-state index contributed by atoms with van der Waals surface area (Å²) in [7, 11) is 0. The lowest BCUT2D eigenvalue weighted by Gasteiger charge is -2.44. The highest BCUT2D eigenvalue weighted by atomic mass is 35.5. The number of nitrogens with zero attached hydrogens (tertiary/aromatic N) is 1. The molecule has 1 aliphatic rings. The molecule has 1 aliphatic heterocycles. The molecule has 0 bridgehead atoms. The smallest absolute Gasteiger partial charge is 0.126 e. The van der Waals surface area contributed by atoms with Gasteiger partial charge in [-0.05, 0) is 32.0 Å². The quantitative estimate of drug-likeness (QED) is 0.880. The molecule has 0 aromatic heterocycles. The normalized spacial score (nSPS) is 28.1. The Morgan fingerprint density at radius 2 is 2.10 bits per heavy atom. The van der Waals surface area contributed by atoms with Gasteiger partial charge in [0.15, 0.2) is 0 Å². The number of rotatable bonds is 2. The molecule has 20 heavy (non-hydrogen) atoms. The number of hydrogen-bond donors (Lipinski definition) is 2. The predicted molar refractivity (Wildman–Crippen MR) is 80.1 cm³/mol. The lowest BCUT2D eigenvalue weighted by molar-refractivity contribution is -0.0830. The molecule has 5 heteroatoms. The molecule has 0 saturated heterocycles. The first-order valence-corrected chi connectivity index (χ1v) is 6.55. The molecule has 0 fully saturated rings. The molecule has 0 saturated carbocycles. The van der Waals surface area contributed by atoms with Crippen LogP contribution >= 0.6 is 12.4 Å². The average Bonchev–Trinajstić information content (AvgIpc) is 2.34. The number of halogens is 1. The fourth-order valence-corrected chi connectivity index (χ4v) is 2.40. The van der Waals surface area contributed by atoms with Gasteiger partial charge in [0.25, 0.3) is 0 Å². The van der Waals surface area contributed by atoms with E-state index in [1.54, 1.807) is 25.1 Å². The van der Waals surface area contributed by atoms with E-state index in [-0.39, 0.29) is 30.6 Å². The predicted octanol–water partition coefficient (Wildman–Crippen LogP) is 2.55. The van der Waals surface area contributed by atoms with Crippen LogP contribution < -0.4 is 10.1 Å². The number of aliphatic hydroxyl groups is 1. The molecule has 0 aliphatic carbocycles. The zero-order valence-corrected chi connectivity index (χ0v) is 13.0. The molecular formula is C15H21ClN2O2. The van der Waals surface area contributed by atoms with Crippen molar-refractivity contribution in [3.8, 4) is 11.8 Å². The van der Waals surface area contributed by atoms with Crippen LogP contribution in [0, 0.1) is 11.3 Å². The second-order valence-corrected chi connectivity index (χ2v) is 5.60. The van der Waals surface area contributed by atoms with Gasteiger partial charge in [-0.1, -0.05) is 13.8 Å². The molecule has 4 nitrogen and oxygen atoms in total. The Hall–Kier alpha value is -1.28. The molecule has 1 aromatic carbocycles. The molecule has 2 rings (SSSR count). The van der Waals surface area contributed by atoms with Crippen molar-refractivity contribution in [3.05, 3.63) is 29.3 Å². The van der Waals surface area contributed by atoms with Gasteiger partial charge >= 0.3 is 0 Å². The molecule has 1 unspecified atom stereocenters. The first kappa shape index (κ1) is 16.8. The largest absolute Gasteiger partial charge is 0.487 e. The second-order valence-electron chi connectivity index (χ2n) is 5.60. The number of benzene rings is 1. The Labute approximate surface area is 126 Å². The summed E-state index contributed by atoms with van der Waals surface area (Å²) in [6, 6.07) is 7.42. The van der Waals surface area contributed by atoms with Crippen LogP contribution in [-0.2, 0) is 0 Å². The van der Waals surface area contributed by atoms with E-state index in [2.05, 4.69) is 11.4 Å². The fraction of sp³-hybridized carbons (Fsp3) is 0.533. The number of hydrogen-bond acceptors (Lipinski definition) is 4. The molecule has 110 valence electrons. The Kier molecular flexibility index (Phi) is 5.04. The zero-order chi connectivity index (χ0) is 14.2. The SMILES string of the molecule is CC(C)N[C@H]1c2cc(C#N)ccc2OC(C)[C@]1(C)O.Cl. The van der Waals surface area contributed by atoms with Crippen molar-refractivity contribution in [1.29, 1.82) is 5.26 Å². The first-order valence-electron chi connectivity index (χ1n) is 6.55. The third kappa shape index (κ3) is 2.90. The summed E-state index contributed by atoms with van der Waals surface area (Å²) >= 11 is 0. The van der Waals surface area contributed by atoms with Crippen molar-refractivity contribution in [2.24, 2.45) is 0 Å². The maximum atomic E-state index is 10.7. The van der Waals surface area contributed by atoms with E-state index in [0.29, 0.717) is 5.56 Å². The maximum Gasteiger partial charge on any atom is 0.126 e. The molecule has 0 amide bonds. The van der Waals surface area contributed by atoms with Crippen LogP contribution in [0.3, 0.4) is 0 Å². The van der Waals surface area contributed by atoms with Gasteiger partial charge in [-0.2, -0.15) is 5.26 Å². The Bertz CT molecular complexity index is 523. The zero-order valence-electron chi connectivity index (χ0n) is 12.2. The van der Waals surface area contributed by atoms with E-state index in [1.165, 1.54) is 0 Å². The summed E-state index contributed by atoms with van der Waals surface area (Å²) in [5, 5.41) is 23.1. The Morgan fingerprint density at radius 3 is 2.65 bits per heavy atom. The third-order valence-electron chi connectivity index (χ3n) is 3.66. The van der Waals surface area contributed by atoms with Gasteiger partial charge in [0, 0.05) is 11.6 Å². The number of ether oxygens (including phenoxy) is 1. The first-order chi connectivity index (χ1) is 8.86. The lowest BCUT2D eigenvalue weighted by atomic mass is 9.82. The minimum Gasteiger partial charge on any atom is -0.487 e. The lowest BCUT2D eigenvalue weighted by Crippen LogP contribution is -2.55. The molecule has 0 radical (unpaired) electrons. The minimum absolute atomic E-state index is 0. The van der Waals surface area contributed by atoms with Crippen LogP contribution in [-0.4, -0.2) is 22.9 Å². The van der Waals surface area contributed by atoms with E-state index < -0.39 is 5.60 Å². The highest BCUT2D eigenvalue weighted by molar-refractivity contribution is 5.85. The van der Waals surface area contributed by atoms with Crippen molar-refractivity contribution in [2.75, 3.05) is 0 Å². The molecule has 3 atom stereocenters. The van der Waals surface area contributed by atoms with Gasteiger partial charge in [-0.25, -0.2) is 0 Å². The van der Waals surface area contributed by atoms with Crippen LogP contribution in [0.1, 0.15) is 44.9 Å². The summed E-state index contributed by atoms with van der Waals surface area (Å²) in [6.07, 6.45) is -0.316.